The molecule has 1 rings (SSSR count). The topological polar surface area (TPSA) is 37.3 Å². The van der Waals surface area contributed by atoms with E-state index in [9.17, 15) is 9.90 Å². The fourth-order valence-corrected chi connectivity index (χ4v) is 4.37. The molecule has 0 aliphatic heterocycles. The zero-order chi connectivity index (χ0) is 10.1. The predicted octanol–water partition coefficient (Wildman–Crippen LogP) is 1.30. The van der Waals surface area contributed by atoms with E-state index in [0.717, 1.165) is 3.58 Å². The van der Waals surface area contributed by atoms with Crippen LogP contribution in [0.2, 0.25) is 14.8 Å². The molecular formula is C10H14O2Sn. The van der Waals surface area contributed by atoms with Gasteiger partial charge in [0.1, 0.15) is 0 Å². The van der Waals surface area contributed by atoms with Gasteiger partial charge in [-0.25, -0.2) is 0 Å². The van der Waals surface area contributed by atoms with E-state index in [4.69, 9.17) is 0 Å². The average molecular weight is 285 g/mol. The van der Waals surface area contributed by atoms with Crippen LogP contribution in [-0.4, -0.2) is 23.5 Å². The number of rotatable bonds is 1. The van der Waals surface area contributed by atoms with E-state index >= 15 is 0 Å². The Morgan fingerprint density at radius 2 is 1.85 bits per heavy atom. The molecule has 0 radical (unpaired) electrons. The van der Waals surface area contributed by atoms with Crippen molar-refractivity contribution < 1.29 is 5.11 Å². The summed E-state index contributed by atoms with van der Waals surface area (Å²) in [6.07, 6.45) is 0. The monoisotopic (exact) mass is 286 g/mol. The van der Waals surface area contributed by atoms with Gasteiger partial charge in [-0.2, -0.15) is 0 Å². The van der Waals surface area contributed by atoms with Crippen LogP contribution in [0.15, 0.2) is 29.1 Å². The van der Waals surface area contributed by atoms with Crippen LogP contribution >= 0.6 is 0 Å². The quantitative estimate of drug-likeness (QED) is 0.790. The van der Waals surface area contributed by atoms with Crippen molar-refractivity contribution in [3.8, 4) is 5.75 Å². The van der Waals surface area contributed by atoms with Gasteiger partial charge in [0.15, 0.2) is 0 Å². The van der Waals surface area contributed by atoms with Crippen LogP contribution in [0.4, 0.5) is 0 Å². The van der Waals surface area contributed by atoms with Gasteiger partial charge < -0.3 is 0 Å². The maximum absolute atomic E-state index is 11.3. The van der Waals surface area contributed by atoms with Crippen molar-refractivity contribution >= 4 is 22.0 Å². The Bertz CT molecular complexity index is 366. The molecule has 13 heavy (non-hydrogen) atoms. The molecule has 3 heteroatoms. The van der Waals surface area contributed by atoms with Crippen LogP contribution in [0.3, 0.4) is 0 Å². The summed E-state index contributed by atoms with van der Waals surface area (Å²) in [5, 5.41) is 9.18. The van der Waals surface area contributed by atoms with Crippen molar-refractivity contribution in [2.24, 2.45) is 0 Å². The van der Waals surface area contributed by atoms with E-state index < -0.39 is 18.4 Å². The molecule has 0 spiro atoms. The Hall–Kier alpha value is -0.511. The number of hydrogen-bond acceptors (Lipinski definition) is 2. The van der Waals surface area contributed by atoms with Crippen molar-refractivity contribution in [3.05, 3.63) is 34.5 Å². The predicted molar refractivity (Wildman–Crippen MR) is 57.4 cm³/mol. The zero-order valence-electron chi connectivity index (χ0n) is 8.16. The summed E-state index contributed by atoms with van der Waals surface area (Å²) in [5.41, 5.74) is -0.272. The van der Waals surface area contributed by atoms with Crippen molar-refractivity contribution in [1.29, 1.82) is 0 Å². The Morgan fingerprint density at radius 1 is 1.23 bits per heavy atom. The first-order valence-corrected chi connectivity index (χ1v) is 14.2. The van der Waals surface area contributed by atoms with Crippen LogP contribution in [0.5, 0.6) is 5.75 Å². The maximum atomic E-state index is 11.3. The van der Waals surface area contributed by atoms with Gasteiger partial charge in [0.25, 0.3) is 0 Å². The van der Waals surface area contributed by atoms with E-state index in [1.807, 2.05) is 6.07 Å². The molecule has 0 heterocycles. The zero-order valence-corrected chi connectivity index (χ0v) is 11.0. The molecule has 0 atom stereocenters. The normalized spacial score (nSPS) is 11.3. The fourth-order valence-electron chi connectivity index (χ4n) is 1.05. The number of aromatic hydroxyl groups is 1. The van der Waals surface area contributed by atoms with Gasteiger partial charge >= 0.3 is 82.1 Å². The van der Waals surface area contributed by atoms with E-state index in [1.165, 1.54) is 6.07 Å². The van der Waals surface area contributed by atoms with Crippen LogP contribution in [0, 0.1) is 0 Å². The van der Waals surface area contributed by atoms with Crippen molar-refractivity contribution in [2.75, 3.05) is 0 Å². The van der Waals surface area contributed by atoms with Gasteiger partial charge in [0.05, 0.1) is 0 Å². The second kappa shape index (κ2) is 3.70. The molecule has 1 aromatic carbocycles. The Balaban J connectivity index is 3.39. The second-order valence-corrected chi connectivity index (χ2v) is 18.6. The third-order valence-corrected chi connectivity index (χ3v) is 7.77. The average Bonchev–Trinajstić information content (AvgIpc) is 2.13. The Morgan fingerprint density at radius 3 is 2.38 bits per heavy atom. The minimum atomic E-state index is -2.16. The van der Waals surface area contributed by atoms with Crippen molar-refractivity contribution in [3.63, 3.8) is 0 Å². The van der Waals surface area contributed by atoms with Crippen molar-refractivity contribution in [1.82, 2.24) is 0 Å². The third kappa shape index (κ3) is 2.72. The summed E-state index contributed by atoms with van der Waals surface area (Å²) in [4.78, 5) is 18.0. The number of hydrogen-bond donors (Lipinski definition) is 1. The van der Waals surface area contributed by atoms with E-state index in [2.05, 4.69) is 14.8 Å². The van der Waals surface area contributed by atoms with E-state index in [0.29, 0.717) is 0 Å². The summed E-state index contributed by atoms with van der Waals surface area (Å²) in [6.45, 7) is 0. The van der Waals surface area contributed by atoms with Gasteiger partial charge in [-0.05, 0) is 0 Å². The Kier molecular flexibility index (Phi) is 3.01. The molecule has 0 fully saturated rings. The molecule has 0 unspecified atom stereocenters. The fraction of sp³-hybridized carbons (Fsp3) is 0.300. The van der Waals surface area contributed by atoms with Gasteiger partial charge in [-0.1, -0.05) is 0 Å². The first kappa shape index (κ1) is 10.6. The summed E-state index contributed by atoms with van der Waals surface area (Å²) in [6, 6.07) is 6.71. The summed E-state index contributed by atoms with van der Waals surface area (Å²) in [5.74, 6) is -0.165. The van der Waals surface area contributed by atoms with Gasteiger partial charge in [0, 0.05) is 0 Å². The van der Waals surface area contributed by atoms with Crippen LogP contribution < -0.4 is 9.01 Å². The van der Waals surface area contributed by atoms with Crippen LogP contribution in [-0.2, 0) is 0 Å². The van der Waals surface area contributed by atoms with E-state index in [1.54, 1.807) is 12.1 Å². The second-order valence-electron chi connectivity index (χ2n) is 4.12. The molecule has 0 saturated heterocycles. The Labute approximate surface area is 82.1 Å². The van der Waals surface area contributed by atoms with Gasteiger partial charge in [-0.3, -0.25) is 0 Å². The molecule has 1 N–H and O–H groups in total. The molecule has 0 amide bonds. The minimum absolute atomic E-state index is 0.165. The van der Waals surface area contributed by atoms with Gasteiger partial charge in [-0.15, -0.1) is 0 Å². The third-order valence-electron chi connectivity index (χ3n) is 1.93. The van der Waals surface area contributed by atoms with E-state index in [-0.39, 0.29) is 11.2 Å². The molecular weight excluding hydrogens is 271 g/mol. The molecule has 0 aliphatic carbocycles. The summed E-state index contributed by atoms with van der Waals surface area (Å²) < 4.78 is 1.14. The standard InChI is InChI=1S/C7H5O2.3CH3.Sn/c8-6-4-2-1-3-5-7(6)9;;;;/h1-2,4-5H,(H,8,9);3*1H3;. The molecule has 0 aliphatic rings. The molecule has 70 valence electrons. The molecule has 1 aromatic rings. The molecule has 0 bridgehead atoms. The first-order chi connectivity index (χ1) is 5.91. The molecule has 0 aromatic heterocycles. The molecule has 0 saturated carbocycles. The van der Waals surface area contributed by atoms with Gasteiger partial charge in [0.2, 0.25) is 0 Å². The summed E-state index contributed by atoms with van der Waals surface area (Å²) >= 11 is -2.16. The SMILES string of the molecule is [CH3][Sn]([CH3])([CH3])[c]1cccc(O)c(=O)c1. The van der Waals surface area contributed by atoms with Crippen LogP contribution in [0.25, 0.3) is 0 Å². The summed E-state index contributed by atoms with van der Waals surface area (Å²) in [7, 11) is 0. The first-order valence-electron chi connectivity index (χ1n) is 4.25. The molecule has 2 nitrogen and oxygen atoms in total. The van der Waals surface area contributed by atoms with Crippen molar-refractivity contribution in [2.45, 2.75) is 14.8 Å². The van der Waals surface area contributed by atoms with Crippen LogP contribution in [0.1, 0.15) is 0 Å².